The maximum absolute atomic E-state index is 11.3. The van der Waals surface area contributed by atoms with E-state index in [4.69, 9.17) is 10.5 Å². The van der Waals surface area contributed by atoms with Crippen LogP contribution in [0.25, 0.3) is 0 Å². The summed E-state index contributed by atoms with van der Waals surface area (Å²) in [5, 5.41) is 0. The summed E-state index contributed by atoms with van der Waals surface area (Å²) in [6, 6.07) is 5.44. The zero-order valence-corrected chi connectivity index (χ0v) is 9.98. The second-order valence-electron chi connectivity index (χ2n) is 4.39. The summed E-state index contributed by atoms with van der Waals surface area (Å²) in [4.78, 5) is 11.3. The Hall–Kier alpha value is -1.77. The summed E-state index contributed by atoms with van der Waals surface area (Å²) in [6.45, 7) is 2.54. The van der Waals surface area contributed by atoms with Crippen LogP contribution >= 0.6 is 0 Å². The maximum Gasteiger partial charge on any atom is 0.252 e. The standard InChI is InChI=1S/C14H17NO2/c1-10-5-4-8-12(14(15)16)13(10)17-9-11-6-2-3-7-11/h2,4-6,8,11H,3,7,9H2,1H3,(H2,15,16). The summed E-state index contributed by atoms with van der Waals surface area (Å²) < 4.78 is 5.76. The van der Waals surface area contributed by atoms with Crippen molar-refractivity contribution >= 4 is 5.91 Å². The van der Waals surface area contributed by atoms with Gasteiger partial charge in [0.1, 0.15) is 5.75 Å². The van der Waals surface area contributed by atoms with Gasteiger partial charge in [0.2, 0.25) is 0 Å². The summed E-state index contributed by atoms with van der Waals surface area (Å²) in [5.41, 5.74) is 6.75. The molecule has 1 aromatic rings. The summed E-state index contributed by atoms with van der Waals surface area (Å²) in [7, 11) is 0. The van der Waals surface area contributed by atoms with Gasteiger partial charge in [-0.05, 0) is 31.4 Å². The van der Waals surface area contributed by atoms with Gasteiger partial charge >= 0.3 is 0 Å². The number of aryl methyl sites for hydroxylation is 1. The summed E-state index contributed by atoms with van der Waals surface area (Å²) in [5.74, 6) is 0.640. The number of rotatable bonds is 4. The molecular formula is C14H17NO2. The third kappa shape index (κ3) is 2.67. The minimum absolute atomic E-state index is 0.439. The number of carbonyl (C=O) groups excluding carboxylic acids is 1. The molecule has 17 heavy (non-hydrogen) atoms. The van der Waals surface area contributed by atoms with Crippen molar-refractivity contribution < 1.29 is 9.53 Å². The number of carbonyl (C=O) groups is 1. The number of hydrogen-bond donors (Lipinski definition) is 1. The Kier molecular flexibility index (Phi) is 3.47. The number of nitrogens with two attached hydrogens (primary N) is 1. The Bertz CT molecular complexity index is 452. The van der Waals surface area contributed by atoms with Gasteiger partial charge in [0, 0.05) is 5.92 Å². The van der Waals surface area contributed by atoms with Crippen molar-refractivity contribution in [1.29, 1.82) is 0 Å². The molecule has 1 aliphatic rings. The van der Waals surface area contributed by atoms with Crippen molar-refractivity contribution in [2.75, 3.05) is 6.61 Å². The minimum atomic E-state index is -0.439. The van der Waals surface area contributed by atoms with Crippen molar-refractivity contribution in [3.63, 3.8) is 0 Å². The van der Waals surface area contributed by atoms with Crippen LogP contribution in [-0.2, 0) is 0 Å². The predicted octanol–water partition coefficient (Wildman–Crippen LogP) is 2.44. The van der Waals surface area contributed by atoms with E-state index in [1.807, 2.05) is 19.1 Å². The Labute approximate surface area is 101 Å². The van der Waals surface area contributed by atoms with Gasteiger partial charge in [-0.2, -0.15) is 0 Å². The third-order valence-corrected chi connectivity index (χ3v) is 3.03. The van der Waals surface area contributed by atoms with Gasteiger partial charge in [-0.25, -0.2) is 0 Å². The van der Waals surface area contributed by atoms with E-state index in [-0.39, 0.29) is 0 Å². The zero-order chi connectivity index (χ0) is 12.3. The van der Waals surface area contributed by atoms with Gasteiger partial charge in [-0.3, -0.25) is 4.79 Å². The lowest BCUT2D eigenvalue weighted by Crippen LogP contribution is -2.16. The molecule has 2 rings (SSSR count). The number of benzene rings is 1. The molecule has 0 spiro atoms. The van der Waals surface area contributed by atoms with Crippen LogP contribution in [0.15, 0.2) is 30.4 Å². The van der Waals surface area contributed by atoms with Crippen molar-refractivity contribution in [1.82, 2.24) is 0 Å². The fourth-order valence-electron chi connectivity index (χ4n) is 2.06. The first-order valence-corrected chi connectivity index (χ1v) is 5.87. The molecule has 1 atom stereocenters. The molecule has 0 bridgehead atoms. The third-order valence-electron chi connectivity index (χ3n) is 3.03. The molecular weight excluding hydrogens is 214 g/mol. The molecule has 1 aromatic carbocycles. The van der Waals surface area contributed by atoms with Crippen LogP contribution < -0.4 is 10.5 Å². The van der Waals surface area contributed by atoms with Gasteiger partial charge in [0.05, 0.1) is 12.2 Å². The maximum atomic E-state index is 11.3. The number of hydrogen-bond acceptors (Lipinski definition) is 2. The minimum Gasteiger partial charge on any atom is -0.492 e. The molecule has 0 aromatic heterocycles. The fourth-order valence-corrected chi connectivity index (χ4v) is 2.06. The van der Waals surface area contributed by atoms with E-state index in [1.54, 1.807) is 6.07 Å². The summed E-state index contributed by atoms with van der Waals surface area (Å²) >= 11 is 0. The molecule has 0 saturated carbocycles. The predicted molar refractivity (Wildman–Crippen MR) is 67.1 cm³/mol. The first-order valence-electron chi connectivity index (χ1n) is 5.87. The quantitative estimate of drug-likeness (QED) is 0.809. The first-order chi connectivity index (χ1) is 8.18. The second kappa shape index (κ2) is 5.04. The van der Waals surface area contributed by atoms with E-state index in [2.05, 4.69) is 12.2 Å². The highest BCUT2D eigenvalue weighted by Gasteiger charge is 2.15. The number of ether oxygens (including phenoxy) is 1. The highest BCUT2D eigenvalue weighted by Crippen LogP contribution is 2.25. The van der Waals surface area contributed by atoms with Gasteiger partial charge in [-0.1, -0.05) is 24.3 Å². The van der Waals surface area contributed by atoms with Gasteiger partial charge in [0.25, 0.3) is 5.91 Å². The van der Waals surface area contributed by atoms with Crippen LogP contribution in [0.4, 0.5) is 0 Å². The van der Waals surface area contributed by atoms with Crippen molar-refractivity contribution in [3.8, 4) is 5.75 Å². The molecule has 3 nitrogen and oxygen atoms in total. The highest BCUT2D eigenvalue weighted by atomic mass is 16.5. The fraction of sp³-hybridized carbons (Fsp3) is 0.357. The van der Waals surface area contributed by atoms with Crippen LogP contribution in [0.5, 0.6) is 5.75 Å². The molecule has 1 amide bonds. The SMILES string of the molecule is Cc1cccc(C(N)=O)c1OCC1C=CCC1. The smallest absolute Gasteiger partial charge is 0.252 e. The molecule has 0 saturated heterocycles. The second-order valence-corrected chi connectivity index (χ2v) is 4.39. The largest absolute Gasteiger partial charge is 0.492 e. The lowest BCUT2D eigenvalue weighted by molar-refractivity contribution is 0.0995. The van der Waals surface area contributed by atoms with E-state index >= 15 is 0 Å². The number of allylic oxidation sites excluding steroid dienone is 1. The van der Waals surface area contributed by atoms with Crippen LogP contribution in [-0.4, -0.2) is 12.5 Å². The van der Waals surface area contributed by atoms with Gasteiger partial charge in [0.15, 0.2) is 0 Å². The lowest BCUT2D eigenvalue weighted by atomic mass is 10.1. The number of amides is 1. The Morgan fingerprint density at radius 3 is 3.00 bits per heavy atom. The molecule has 0 heterocycles. The highest BCUT2D eigenvalue weighted by molar-refractivity contribution is 5.96. The molecule has 90 valence electrons. The molecule has 0 aliphatic heterocycles. The molecule has 0 radical (unpaired) electrons. The topological polar surface area (TPSA) is 52.3 Å². The lowest BCUT2D eigenvalue weighted by Gasteiger charge is -2.14. The van der Waals surface area contributed by atoms with Crippen LogP contribution in [0, 0.1) is 12.8 Å². The van der Waals surface area contributed by atoms with E-state index in [0.29, 0.717) is 23.8 Å². The zero-order valence-electron chi connectivity index (χ0n) is 9.98. The van der Waals surface area contributed by atoms with Crippen LogP contribution in [0.3, 0.4) is 0 Å². The van der Waals surface area contributed by atoms with Crippen LogP contribution in [0.2, 0.25) is 0 Å². The van der Waals surface area contributed by atoms with E-state index in [0.717, 1.165) is 18.4 Å². The van der Waals surface area contributed by atoms with E-state index in [9.17, 15) is 4.79 Å². The van der Waals surface area contributed by atoms with Crippen molar-refractivity contribution in [2.24, 2.45) is 11.7 Å². The van der Waals surface area contributed by atoms with Crippen LogP contribution in [0.1, 0.15) is 28.8 Å². The van der Waals surface area contributed by atoms with Crippen molar-refractivity contribution in [2.45, 2.75) is 19.8 Å². The van der Waals surface area contributed by atoms with Crippen molar-refractivity contribution in [3.05, 3.63) is 41.5 Å². The first kappa shape index (κ1) is 11.7. The van der Waals surface area contributed by atoms with E-state index < -0.39 is 5.91 Å². The Balaban J connectivity index is 2.13. The van der Waals surface area contributed by atoms with Gasteiger partial charge < -0.3 is 10.5 Å². The van der Waals surface area contributed by atoms with Gasteiger partial charge in [-0.15, -0.1) is 0 Å². The average Bonchev–Trinajstić information content (AvgIpc) is 2.80. The average molecular weight is 231 g/mol. The molecule has 0 fully saturated rings. The number of para-hydroxylation sites is 1. The number of primary amides is 1. The Morgan fingerprint density at radius 2 is 2.35 bits per heavy atom. The molecule has 1 unspecified atom stereocenters. The monoisotopic (exact) mass is 231 g/mol. The normalized spacial score (nSPS) is 18.3. The molecule has 1 aliphatic carbocycles. The Morgan fingerprint density at radius 1 is 1.53 bits per heavy atom. The summed E-state index contributed by atoms with van der Waals surface area (Å²) in [6.07, 6.45) is 6.57. The van der Waals surface area contributed by atoms with E-state index in [1.165, 1.54) is 0 Å². The molecule has 2 N–H and O–H groups in total. The molecule has 3 heteroatoms.